The van der Waals surface area contributed by atoms with Crippen molar-refractivity contribution in [1.82, 2.24) is 4.72 Å². The van der Waals surface area contributed by atoms with E-state index in [0.717, 1.165) is 6.92 Å². The van der Waals surface area contributed by atoms with Gasteiger partial charge in [-0.1, -0.05) is 13.3 Å². The Morgan fingerprint density at radius 1 is 0.618 bits per heavy atom. The topological polar surface area (TPSA) is 66.4 Å². The fourth-order valence-corrected chi connectivity index (χ4v) is 2.99. The third-order valence-electron chi connectivity index (χ3n) is 3.88. The maximum Gasteiger partial charge on any atom is 0.460 e. The summed E-state index contributed by atoms with van der Waals surface area (Å²) in [5.41, 5.74) is 0. The zero-order valence-electron chi connectivity index (χ0n) is 15.6. The van der Waals surface area contributed by atoms with Crippen molar-refractivity contribution in [2.45, 2.75) is 73.0 Å². The average Bonchev–Trinajstić information content (AvgIpc) is 2.59. The molecule has 0 radical (unpaired) electrons. The second-order valence-corrected chi connectivity index (χ2v) is 8.14. The molecule has 0 aliphatic rings. The summed E-state index contributed by atoms with van der Waals surface area (Å²) < 4.78 is 245. The highest BCUT2D eigenvalue weighted by Gasteiger charge is 2.96. The van der Waals surface area contributed by atoms with Crippen molar-refractivity contribution in [2.75, 3.05) is 0 Å². The molecule has 1 unspecified atom stereocenters. The van der Waals surface area contributed by atoms with Gasteiger partial charge in [0.1, 0.15) is 6.23 Å². The van der Waals surface area contributed by atoms with Gasteiger partial charge in [-0.2, -0.15) is 79.4 Å². The van der Waals surface area contributed by atoms with E-state index >= 15 is 0 Å². The summed E-state index contributed by atoms with van der Waals surface area (Å²) in [4.78, 5) is 0. The molecule has 0 amide bonds. The Morgan fingerprint density at radius 3 is 1.21 bits per heavy atom. The Morgan fingerprint density at radius 2 is 0.912 bits per heavy atom. The van der Waals surface area contributed by atoms with E-state index in [-0.39, 0.29) is 11.1 Å². The Kier molecular flexibility index (Phi) is 8.32. The number of halogens is 17. The number of aliphatic hydroxyl groups is 1. The maximum absolute atomic E-state index is 13.6. The van der Waals surface area contributed by atoms with Crippen LogP contribution in [-0.2, 0) is 10.0 Å². The average molecular weight is 571 g/mol. The first-order chi connectivity index (χ1) is 14.5. The van der Waals surface area contributed by atoms with Gasteiger partial charge in [-0.3, -0.25) is 0 Å². The summed E-state index contributed by atoms with van der Waals surface area (Å²) in [5.74, 6) is -51.9. The molecule has 2 N–H and O–H groups in total. The molecule has 0 aliphatic heterocycles. The minimum absolute atomic E-state index is 0.155. The Bertz CT molecular complexity index is 835. The van der Waals surface area contributed by atoms with Gasteiger partial charge in [0, 0.05) is 0 Å². The first kappa shape index (κ1) is 32.7. The molecule has 0 rings (SSSR count). The number of rotatable bonds is 11. The van der Waals surface area contributed by atoms with E-state index in [0.29, 0.717) is 0 Å². The smallest absolute Gasteiger partial charge is 0.378 e. The minimum atomic E-state index is -8.89. The molecule has 22 heteroatoms. The van der Waals surface area contributed by atoms with Gasteiger partial charge in [-0.25, -0.2) is 8.42 Å². The molecule has 0 spiro atoms. The van der Waals surface area contributed by atoms with Crippen LogP contribution in [0, 0.1) is 0 Å². The van der Waals surface area contributed by atoms with Gasteiger partial charge < -0.3 is 5.11 Å². The van der Waals surface area contributed by atoms with E-state index in [9.17, 15) is 83.1 Å². The predicted octanol–water partition coefficient (Wildman–Crippen LogP) is 4.99. The molecule has 0 heterocycles. The zero-order chi connectivity index (χ0) is 28.2. The molecule has 0 aromatic rings. The van der Waals surface area contributed by atoms with Crippen molar-refractivity contribution >= 4 is 10.0 Å². The van der Waals surface area contributed by atoms with Crippen LogP contribution in [0.3, 0.4) is 0 Å². The molecule has 4 nitrogen and oxygen atoms in total. The molecule has 34 heavy (non-hydrogen) atoms. The molecule has 0 aliphatic carbocycles. The van der Waals surface area contributed by atoms with Crippen molar-refractivity contribution in [1.29, 1.82) is 0 Å². The summed E-state index contributed by atoms with van der Waals surface area (Å²) in [6.45, 7) is 1.08. The summed E-state index contributed by atoms with van der Waals surface area (Å²) in [7, 11) is -7.47. The van der Waals surface area contributed by atoms with Gasteiger partial charge in [0.25, 0.3) is 10.0 Å². The number of alkyl halides is 17. The zero-order valence-corrected chi connectivity index (χ0v) is 16.4. The van der Waals surface area contributed by atoms with Crippen molar-refractivity contribution < 1.29 is 88.2 Å². The molecule has 0 saturated heterocycles. The van der Waals surface area contributed by atoms with Gasteiger partial charge >= 0.3 is 47.0 Å². The lowest BCUT2D eigenvalue weighted by molar-refractivity contribution is -0.458. The third kappa shape index (κ3) is 4.37. The van der Waals surface area contributed by atoms with Gasteiger partial charge in [-0.15, -0.1) is 0 Å². The SMILES string of the molecule is CCCC(O)NS(=O)(=O)C(F)(F)C(F)(F)C(F)(F)C(F)(F)C(F)(F)C(F)(F)C(F)(F)C(F)(F)F. The van der Waals surface area contributed by atoms with Crippen molar-refractivity contribution in [2.24, 2.45) is 0 Å². The number of hydrogen-bond donors (Lipinski definition) is 2. The number of sulfonamides is 1. The lowest BCUT2D eigenvalue weighted by atomic mass is 9.91. The van der Waals surface area contributed by atoms with Crippen LogP contribution >= 0.6 is 0 Å². The fourth-order valence-electron chi connectivity index (χ4n) is 1.90. The first-order valence-electron chi connectivity index (χ1n) is 7.87. The van der Waals surface area contributed by atoms with E-state index in [4.69, 9.17) is 5.11 Å². The van der Waals surface area contributed by atoms with Crippen LogP contribution in [0.1, 0.15) is 19.8 Å². The highest BCUT2D eigenvalue weighted by Crippen LogP contribution is 2.64. The van der Waals surface area contributed by atoms with E-state index in [1.807, 2.05) is 0 Å². The second-order valence-electron chi connectivity index (χ2n) is 6.39. The molecule has 0 aromatic heterocycles. The van der Waals surface area contributed by atoms with Crippen LogP contribution in [0.4, 0.5) is 74.6 Å². The van der Waals surface area contributed by atoms with E-state index < -0.39 is 69.6 Å². The quantitative estimate of drug-likeness (QED) is 0.272. The van der Waals surface area contributed by atoms with Crippen LogP contribution < -0.4 is 4.72 Å². The normalized spacial score (nSPS) is 17.1. The second kappa shape index (κ2) is 8.66. The van der Waals surface area contributed by atoms with Crippen LogP contribution in [-0.4, -0.2) is 66.7 Å². The van der Waals surface area contributed by atoms with Crippen molar-refractivity contribution in [3.63, 3.8) is 0 Å². The van der Waals surface area contributed by atoms with Crippen LogP contribution in [0.25, 0.3) is 0 Å². The van der Waals surface area contributed by atoms with Gasteiger partial charge in [0.05, 0.1) is 0 Å². The Balaban J connectivity index is 6.83. The van der Waals surface area contributed by atoms with E-state index in [2.05, 4.69) is 0 Å². The van der Waals surface area contributed by atoms with Crippen LogP contribution in [0.5, 0.6) is 0 Å². The first-order valence-corrected chi connectivity index (χ1v) is 9.35. The number of nitrogens with one attached hydrogen (secondary N) is 1. The lowest BCUT2D eigenvalue weighted by Crippen LogP contribution is -2.75. The molecule has 0 fully saturated rings. The van der Waals surface area contributed by atoms with Crippen LogP contribution in [0.15, 0.2) is 0 Å². The minimum Gasteiger partial charge on any atom is -0.378 e. The van der Waals surface area contributed by atoms with Gasteiger partial charge in [-0.05, 0) is 6.42 Å². The standard InChI is InChI=1S/C12H10F17NO3S/c1-2-3-4(31)30-34(32,33)12(28,29)10(23,24)8(19,20)6(15,16)5(13,14)7(17,18)9(21,22)11(25,26)27/h4,30-31H,2-3H2,1H3. The monoisotopic (exact) mass is 571 g/mol. The molecule has 0 saturated carbocycles. The lowest BCUT2D eigenvalue weighted by Gasteiger charge is -2.42. The van der Waals surface area contributed by atoms with Gasteiger partial charge in [0.15, 0.2) is 0 Å². The maximum atomic E-state index is 13.6. The number of aliphatic hydroxyl groups excluding tert-OH is 1. The highest BCUT2D eigenvalue weighted by atomic mass is 32.2. The summed E-state index contributed by atoms with van der Waals surface area (Å²) in [6, 6.07) is 0. The third-order valence-corrected chi connectivity index (χ3v) is 5.40. The molecule has 0 aromatic carbocycles. The molecular formula is C12H10F17NO3S. The van der Waals surface area contributed by atoms with E-state index in [1.165, 1.54) is 0 Å². The molecule has 0 bridgehead atoms. The van der Waals surface area contributed by atoms with Crippen molar-refractivity contribution in [3.05, 3.63) is 0 Å². The predicted molar refractivity (Wildman–Crippen MR) is 73.7 cm³/mol. The largest absolute Gasteiger partial charge is 0.460 e. The Hall–Kier alpha value is -1.32. The summed E-state index contributed by atoms with van der Waals surface area (Å²) in [5, 5.41) is 1.28. The van der Waals surface area contributed by atoms with Gasteiger partial charge in [0.2, 0.25) is 0 Å². The summed E-state index contributed by atoms with van der Waals surface area (Å²) in [6.07, 6.45) is -12.0. The fraction of sp³-hybridized carbons (Fsp3) is 1.00. The highest BCUT2D eigenvalue weighted by molar-refractivity contribution is 7.90. The van der Waals surface area contributed by atoms with Crippen molar-refractivity contribution in [3.8, 4) is 0 Å². The summed E-state index contributed by atoms with van der Waals surface area (Å²) >= 11 is 0. The molecule has 1 atom stereocenters. The van der Waals surface area contributed by atoms with E-state index in [1.54, 1.807) is 0 Å². The number of hydrogen-bond acceptors (Lipinski definition) is 3. The van der Waals surface area contributed by atoms with Crippen LogP contribution in [0.2, 0.25) is 0 Å². The molecule has 206 valence electrons. The molecular weight excluding hydrogens is 561 g/mol. The Labute approximate surface area is 177 Å².